The first-order valence-electron chi connectivity index (χ1n) is 5.82. The third-order valence-electron chi connectivity index (χ3n) is 4.16. The smallest absolute Gasteiger partial charge is 0.0574 e. The first-order chi connectivity index (χ1) is 6.29. The number of fused-ring (bicyclic) bond motifs is 1. The quantitative estimate of drug-likeness (QED) is 0.605. The molecule has 2 aliphatic carbocycles. The summed E-state index contributed by atoms with van der Waals surface area (Å²) in [6, 6.07) is 0. The zero-order valence-electron chi connectivity index (χ0n) is 8.96. The fourth-order valence-electron chi connectivity index (χ4n) is 3.30. The van der Waals surface area contributed by atoms with Crippen LogP contribution in [0.2, 0.25) is 0 Å². The van der Waals surface area contributed by atoms with Crippen molar-refractivity contribution in [1.29, 1.82) is 0 Å². The summed E-state index contributed by atoms with van der Waals surface area (Å²) in [5.41, 5.74) is 0. The largest absolute Gasteiger partial charge is 0.381 e. The Bertz CT molecular complexity index is 167. The van der Waals surface area contributed by atoms with E-state index in [4.69, 9.17) is 4.74 Å². The van der Waals surface area contributed by atoms with Gasteiger partial charge in [-0.3, -0.25) is 0 Å². The summed E-state index contributed by atoms with van der Waals surface area (Å²) in [5, 5.41) is 0. The molecule has 0 heterocycles. The van der Waals surface area contributed by atoms with Gasteiger partial charge < -0.3 is 4.74 Å². The number of hydrogen-bond acceptors (Lipinski definition) is 1. The van der Waals surface area contributed by atoms with Crippen LogP contribution in [-0.2, 0) is 4.74 Å². The molecule has 0 amide bonds. The van der Waals surface area contributed by atoms with Gasteiger partial charge in [0.1, 0.15) is 0 Å². The van der Waals surface area contributed by atoms with Crippen molar-refractivity contribution in [3.63, 3.8) is 0 Å². The van der Waals surface area contributed by atoms with Gasteiger partial charge in [0.2, 0.25) is 0 Å². The lowest BCUT2D eigenvalue weighted by Crippen LogP contribution is -2.33. The van der Waals surface area contributed by atoms with Crippen LogP contribution >= 0.6 is 0 Å². The van der Waals surface area contributed by atoms with Crippen molar-refractivity contribution in [3.8, 4) is 0 Å². The Morgan fingerprint density at radius 3 is 2.46 bits per heavy atom. The minimum absolute atomic E-state index is 0.576. The molecular formula is C12H22O. The van der Waals surface area contributed by atoms with E-state index in [1.807, 2.05) is 7.11 Å². The number of hydrogen-bond donors (Lipinski definition) is 0. The molecule has 13 heavy (non-hydrogen) atoms. The van der Waals surface area contributed by atoms with Gasteiger partial charge in [0.05, 0.1) is 6.10 Å². The van der Waals surface area contributed by atoms with Crippen molar-refractivity contribution >= 4 is 0 Å². The fraction of sp³-hybridized carbons (Fsp3) is 1.00. The van der Waals surface area contributed by atoms with E-state index in [1.165, 1.54) is 38.5 Å². The van der Waals surface area contributed by atoms with Crippen LogP contribution in [0.15, 0.2) is 0 Å². The van der Waals surface area contributed by atoms with Crippen LogP contribution in [0.5, 0.6) is 0 Å². The molecule has 4 atom stereocenters. The maximum absolute atomic E-state index is 5.48. The van der Waals surface area contributed by atoms with Crippen LogP contribution < -0.4 is 0 Å². The molecule has 2 fully saturated rings. The predicted octanol–water partition coefficient (Wildman–Crippen LogP) is 3.24. The summed E-state index contributed by atoms with van der Waals surface area (Å²) < 4.78 is 5.48. The highest BCUT2D eigenvalue weighted by Crippen LogP contribution is 2.43. The lowest BCUT2D eigenvalue weighted by Gasteiger charge is -2.40. The van der Waals surface area contributed by atoms with E-state index in [9.17, 15) is 0 Å². The normalized spacial score (nSPS) is 45.7. The van der Waals surface area contributed by atoms with E-state index in [-0.39, 0.29) is 0 Å². The Kier molecular flexibility index (Phi) is 2.92. The number of methoxy groups -OCH3 is 1. The predicted molar refractivity (Wildman–Crippen MR) is 54.6 cm³/mol. The molecule has 3 unspecified atom stereocenters. The summed E-state index contributed by atoms with van der Waals surface area (Å²) in [7, 11) is 1.87. The fourth-order valence-corrected chi connectivity index (χ4v) is 3.30. The van der Waals surface area contributed by atoms with Crippen molar-refractivity contribution in [1.82, 2.24) is 0 Å². The molecule has 1 heteroatoms. The highest BCUT2D eigenvalue weighted by molar-refractivity contribution is 4.85. The second kappa shape index (κ2) is 4.00. The van der Waals surface area contributed by atoms with Gasteiger partial charge in [0.15, 0.2) is 0 Å². The highest BCUT2D eigenvalue weighted by Gasteiger charge is 2.34. The lowest BCUT2D eigenvalue weighted by atomic mass is 9.67. The van der Waals surface area contributed by atoms with Crippen LogP contribution in [0.25, 0.3) is 0 Å². The van der Waals surface area contributed by atoms with Crippen molar-refractivity contribution in [3.05, 3.63) is 0 Å². The van der Waals surface area contributed by atoms with E-state index >= 15 is 0 Å². The van der Waals surface area contributed by atoms with Crippen LogP contribution in [0.4, 0.5) is 0 Å². The second-order valence-corrected chi connectivity index (χ2v) is 5.11. The first-order valence-corrected chi connectivity index (χ1v) is 5.82. The number of ether oxygens (including phenoxy) is 1. The molecule has 2 saturated carbocycles. The average molecular weight is 182 g/mol. The number of rotatable bonds is 1. The van der Waals surface area contributed by atoms with Gasteiger partial charge >= 0.3 is 0 Å². The molecule has 0 aromatic heterocycles. The molecule has 76 valence electrons. The Morgan fingerprint density at radius 2 is 1.69 bits per heavy atom. The van der Waals surface area contributed by atoms with Crippen LogP contribution in [0, 0.1) is 17.8 Å². The van der Waals surface area contributed by atoms with Gasteiger partial charge in [0.25, 0.3) is 0 Å². The summed E-state index contributed by atoms with van der Waals surface area (Å²) in [4.78, 5) is 0. The monoisotopic (exact) mass is 182 g/mol. The molecule has 0 aliphatic heterocycles. The van der Waals surface area contributed by atoms with E-state index in [0.717, 1.165) is 17.8 Å². The molecule has 0 aromatic rings. The zero-order valence-corrected chi connectivity index (χ0v) is 8.96. The molecule has 0 saturated heterocycles. The van der Waals surface area contributed by atoms with Crippen molar-refractivity contribution < 1.29 is 4.74 Å². The molecule has 2 aliphatic rings. The minimum Gasteiger partial charge on any atom is -0.381 e. The molecule has 0 radical (unpaired) electrons. The Hall–Kier alpha value is -0.0400. The van der Waals surface area contributed by atoms with Crippen molar-refractivity contribution in [2.75, 3.05) is 7.11 Å². The summed E-state index contributed by atoms with van der Waals surface area (Å²) in [5.74, 6) is 3.00. The molecule has 0 spiro atoms. The molecule has 0 N–H and O–H groups in total. The zero-order chi connectivity index (χ0) is 9.26. The van der Waals surface area contributed by atoms with Crippen molar-refractivity contribution in [2.24, 2.45) is 17.8 Å². The Balaban J connectivity index is 1.91. The minimum atomic E-state index is 0.576. The van der Waals surface area contributed by atoms with E-state index in [1.54, 1.807) is 0 Å². The first kappa shape index (κ1) is 9.51. The molecule has 0 bridgehead atoms. The van der Waals surface area contributed by atoms with Gasteiger partial charge in [-0.1, -0.05) is 13.3 Å². The highest BCUT2D eigenvalue weighted by atomic mass is 16.5. The van der Waals surface area contributed by atoms with E-state index in [2.05, 4.69) is 6.92 Å². The summed E-state index contributed by atoms with van der Waals surface area (Å²) >= 11 is 0. The maximum atomic E-state index is 5.48. The van der Waals surface area contributed by atoms with Gasteiger partial charge in [-0.2, -0.15) is 0 Å². The molecular weight excluding hydrogens is 160 g/mol. The lowest BCUT2D eigenvalue weighted by molar-refractivity contribution is 0.00757. The standard InChI is InChI=1S/C12H22O/c1-9-3-4-10-5-6-12(13-2)8-11(10)7-9/h9-12H,3-8H2,1-2H3/t9-,10?,11?,12?/m1/s1. The average Bonchev–Trinajstić information content (AvgIpc) is 2.16. The van der Waals surface area contributed by atoms with Crippen molar-refractivity contribution in [2.45, 2.75) is 51.6 Å². The molecule has 1 nitrogen and oxygen atoms in total. The van der Waals surface area contributed by atoms with Gasteiger partial charge in [0, 0.05) is 7.11 Å². The van der Waals surface area contributed by atoms with Crippen LogP contribution in [0.3, 0.4) is 0 Å². The third-order valence-corrected chi connectivity index (χ3v) is 4.16. The topological polar surface area (TPSA) is 9.23 Å². The third kappa shape index (κ3) is 2.07. The maximum Gasteiger partial charge on any atom is 0.0574 e. The summed E-state index contributed by atoms with van der Waals surface area (Å²) in [6.07, 6.45) is 9.07. The van der Waals surface area contributed by atoms with Crippen LogP contribution in [0.1, 0.15) is 45.4 Å². The van der Waals surface area contributed by atoms with E-state index < -0.39 is 0 Å². The van der Waals surface area contributed by atoms with Crippen LogP contribution in [-0.4, -0.2) is 13.2 Å². The second-order valence-electron chi connectivity index (χ2n) is 5.11. The van der Waals surface area contributed by atoms with Gasteiger partial charge in [-0.05, 0) is 49.9 Å². The SMILES string of the molecule is COC1CCC2CC[C@@H](C)CC2C1. The van der Waals surface area contributed by atoms with Gasteiger partial charge in [-0.15, -0.1) is 0 Å². The van der Waals surface area contributed by atoms with Gasteiger partial charge in [-0.25, -0.2) is 0 Å². The Labute approximate surface area is 81.9 Å². The Morgan fingerprint density at radius 1 is 0.923 bits per heavy atom. The van der Waals surface area contributed by atoms with E-state index in [0.29, 0.717) is 6.10 Å². The summed E-state index contributed by atoms with van der Waals surface area (Å²) in [6.45, 7) is 2.41. The molecule has 2 rings (SSSR count). The molecule has 0 aromatic carbocycles.